The molecule has 1 saturated heterocycles. The highest BCUT2D eigenvalue weighted by atomic mass is 32.2. The average Bonchev–Trinajstić information content (AvgIpc) is 2.81. The third-order valence-corrected chi connectivity index (χ3v) is 5.19. The molecule has 3 rings (SSSR count). The second kappa shape index (κ2) is 6.46. The molecule has 0 N–H and O–H groups in total. The van der Waals surface area contributed by atoms with Crippen molar-refractivity contribution < 1.29 is 17.9 Å². The average molecular weight is 325 g/mol. The Hall–Kier alpha value is -1.27. The van der Waals surface area contributed by atoms with Crippen molar-refractivity contribution in [1.82, 2.24) is 4.90 Å². The van der Waals surface area contributed by atoms with Gasteiger partial charge in [0.1, 0.15) is 9.84 Å². The highest BCUT2D eigenvalue weighted by molar-refractivity contribution is 7.90. The fraction of sp³-hybridized carbons (Fsp3) is 0.625. The van der Waals surface area contributed by atoms with E-state index < -0.39 is 9.84 Å². The van der Waals surface area contributed by atoms with Gasteiger partial charge in [0.2, 0.25) is 0 Å². The van der Waals surface area contributed by atoms with Crippen molar-refractivity contribution in [1.29, 1.82) is 0 Å². The topological polar surface area (TPSA) is 55.8 Å². The number of fused-ring (bicyclic) bond motifs is 1. The molecule has 1 aromatic rings. The molecule has 5 nitrogen and oxygen atoms in total. The van der Waals surface area contributed by atoms with E-state index in [9.17, 15) is 8.42 Å². The first kappa shape index (κ1) is 15.6. The number of sulfone groups is 1. The zero-order valence-corrected chi connectivity index (χ0v) is 13.8. The molecule has 0 aliphatic carbocycles. The summed E-state index contributed by atoms with van der Waals surface area (Å²) < 4.78 is 34.2. The molecule has 0 amide bonds. The van der Waals surface area contributed by atoms with Gasteiger partial charge in [-0.1, -0.05) is 6.07 Å². The van der Waals surface area contributed by atoms with Gasteiger partial charge in [0.05, 0.1) is 19.0 Å². The van der Waals surface area contributed by atoms with Gasteiger partial charge in [-0.15, -0.1) is 0 Å². The molecule has 0 saturated carbocycles. The lowest BCUT2D eigenvalue weighted by atomic mass is 10.0. The van der Waals surface area contributed by atoms with Crippen LogP contribution in [0.1, 0.15) is 30.9 Å². The van der Waals surface area contributed by atoms with E-state index in [1.807, 2.05) is 6.07 Å². The zero-order chi connectivity index (χ0) is 15.6. The monoisotopic (exact) mass is 325 g/mol. The molecule has 1 atom stereocenters. The van der Waals surface area contributed by atoms with Crippen LogP contribution in [0.5, 0.6) is 11.5 Å². The van der Waals surface area contributed by atoms with Crippen LogP contribution in [0.3, 0.4) is 0 Å². The Morgan fingerprint density at radius 1 is 1.18 bits per heavy atom. The molecule has 0 aromatic heterocycles. The van der Waals surface area contributed by atoms with Gasteiger partial charge in [-0.25, -0.2) is 8.42 Å². The molecular formula is C16H23NO4S. The summed E-state index contributed by atoms with van der Waals surface area (Å²) >= 11 is 0. The third kappa shape index (κ3) is 3.73. The van der Waals surface area contributed by atoms with E-state index in [4.69, 9.17) is 9.47 Å². The fourth-order valence-corrected chi connectivity index (χ4v) is 3.71. The Balaban J connectivity index is 1.76. The number of likely N-dealkylation sites (tertiary alicyclic amines) is 1. The molecule has 6 heteroatoms. The summed E-state index contributed by atoms with van der Waals surface area (Å²) in [7, 11) is -2.92. The molecule has 2 heterocycles. The van der Waals surface area contributed by atoms with E-state index in [1.54, 1.807) is 0 Å². The fourth-order valence-electron chi connectivity index (χ4n) is 3.14. The van der Waals surface area contributed by atoms with E-state index in [0.717, 1.165) is 37.3 Å². The van der Waals surface area contributed by atoms with Gasteiger partial charge in [-0.2, -0.15) is 0 Å². The van der Waals surface area contributed by atoms with Gasteiger partial charge in [-0.05, 0) is 37.1 Å². The van der Waals surface area contributed by atoms with Crippen LogP contribution in [0, 0.1) is 0 Å². The Kier molecular flexibility index (Phi) is 4.59. The third-order valence-electron chi connectivity index (χ3n) is 4.27. The van der Waals surface area contributed by atoms with Crippen LogP contribution in [0.2, 0.25) is 0 Å². The van der Waals surface area contributed by atoms with Gasteiger partial charge in [0.25, 0.3) is 0 Å². The molecule has 122 valence electrons. The maximum absolute atomic E-state index is 11.4. The maximum atomic E-state index is 11.4. The van der Waals surface area contributed by atoms with Crippen LogP contribution in [0.4, 0.5) is 0 Å². The first-order valence-electron chi connectivity index (χ1n) is 7.84. The number of ether oxygens (including phenoxy) is 2. The summed E-state index contributed by atoms with van der Waals surface area (Å²) in [6, 6.07) is 6.39. The minimum Gasteiger partial charge on any atom is -0.490 e. The molecule has 1 fully saturated rings. The molecular weight excluding hydrogens is 302 g/mol. The number of hydrogen-bond donors (Lipinski definition) is 0. The minimum absolute atomic E-state index is 0.216. The van der Waals surface area contributed by atoms with Gasteiger partial charge in [-0.3, -0.25) is 4.90 Å². The van der Waals surface area contributed by atoms with Crippen molar-refractivity contribution in [2.24, 2.45) is 0 Å². The van der Waals surface area contributed by atoms with Crippen molar-refractivity contribution in [3.05, 3.63) is 23.8 Å². The molecule has 0 unspecified atom stereocenters. The highest BCUT2D eigenvalue weighted by Gasteiger charge is 2.27. The quantitative estimate of drug-likeness (QED) is 0.848. The van der Waals surface area contributed by atoms with Crippen molar-refractivity contribution in [3.63, 3.8) is 0 Å². The second-order valence-corrected chi connectivity index (χ2v) is 8.34. The predicted molar refractivity (Wildman–Crippen MR) is 85.3 cm³/mol. The number of rotatable bonds is 4. The van der Waals surface area contributed by atoms with Crippen LogP contribution < -0.4 is 9.47 Å². The van der Waals surface area contributed by atoms with Gasteiger partial charge >= 0.3 is 0 Å². The minimum atomic E-state index is -2.92. The van der Waals surface area contributed by atoms with Crippen molar-refractivity contribution >= 4 is 9.84 Å². The van der Waals surface area contributed by atoms with E-state index in [1.165, 1.54) is 11.8 Å². The second-order valence-electron chi connectivity index (χ2n) is 6.08. The summed E-state index contributed by atoms with van der Waals surface area (Å²) in [5, 5.41) is 0. The van der Waals surface area contributed by atoms with Crippen LogP contribution in [-0.4, -0.2) is 51.6 Å². The van der Waals surface area contributed by atoms with Crippen LogP contribution in [-0.2, 0) is 9.84 Å². The lowest BCUT2D eigenvalue weighted by Crippen LogP contribution is -2.28. The Morgan fingerprint density at radius 3 is 2.73 bits per heavy atom. The summed E-state index contributed by atoms with van der Waals surface area (Å²) in [4.78, 5) is 2.26. The predicted octanol–water partition coefficient (Wildman–Crippen LogP) is 2.03. The molecule has 22 heavy (non-hydrogen) atoms. The SMILES string of the molecule is CS(=O)(=O)CCN1CCC[C@@H]1c1ccc2c(c1)OCCCO2. The summed E-state index contributed by atoms with van der Waals surface area (Å²) in [6.07, 6.45) is 4.35. The zero-order valence-electron chi connectivity index (χ0n) is 13.0. The van der Waals surface area contributed by atoms with E-state index in [0.29, 0.717) is 19.8 Å². The van der Waals surface area contributed by atoms with Gasteiger partial charge in [0.15, 0.2) is 11.5 Å². The Morgan fingerprint density at radius 2 is 1.95 bits per heavy atom. The highest BCUT2D eigenvalue weighted by Crippen LogP contribution is 2.37. The summed E-state index contributed by atoms with van der Waals surface area (Å²) in [5.41, 5.74) is 1.19. The molecule has 1 aromatic carbocycles. The number of hydrogen-bond acceptors (Lipinski definition) is 5. The molecule has 2 aliphatic rings. The lowest BCUT2D eigenvalue weighted by Gasteiger charge is -2.25. The largest absolute Gasteiger partial charge is 0.490 e. The number of benzene rings is 1. The first-order valence-corrected chi connectivity index (χ1v) is 9.90. The van der Waals surface area contributed by atoms with E-state index in [2.05, 4.69) is 17.0 Å². The van der Waals surface area contributed by atoms with Crippen molar-refractivity contribution in [3.8, 4) is 11.5 Å². The normalized spacial score (nSPS) is 22.5. The smallest absolute Gasteiger partial charge is 0.161 e. The maximum Gasteiger partial charge on any atom is 0.161 e. The van der Waals surface area contributed by atoms with E-state index >= 15 is 0 Å². The van der Waals surface area contributed by atoms with Gasteiger partial charge in [0, 0.05) is 25.3 Å². The first-order chi connectivity index (χ1) is 10.5. The standard InChI is InChI=1S/C16H23NO4S/c1-22(18,19)11-8-17-7-2-4-14(17)13-5-6-15-16(12-13)21-10-3-9-20-15/h5-6,12,14H,2-4,7-11H2,1H3/t14-/m1/s1. The van der Waals surface area contributed by atoms with Crippen molar-refractivity contribution in [2.75, 3.05) is 38.3 Å². The van der Waals surface area contributed by atoms with Crippen LogP contribution in [0.15, 0.2) is 18.2 Å². The molecule has 2 aliphatic heterocycles. The lowest BCUT2D eigenvalue weighted by molar-refractivity contribution is 0.271. The van der Waals surface area contributed by atoms with Crippen LogP contribution >= 0.6 is 0 Å². The summed E-state index contributed by atoms with van der Waals surface area (Å²) in [5.74, 6) is 1.83. The van der Waals surface area contributed by atoms with Crippen LogP contribution in [0.25, 0.3) is 0 Å². The Bertz CT molecular complexity index is 629. The van der Waals surface area contributed by atoms with E-state index in [-0.39, 0.29) is 11.8 Å². The Labute approximate surface area is 132 Å². The van der Waals surface area contributed by atoms with Crippen molar-refractivity contribution in [2.45, 2.75) is 25.3 Å². The molecule has 0 radical (unpaired) electrons. The number of nitrogens with zero attached hydrogens (tertiary/aromatic N) is 1. The molecule has 0 spiro atoms. The van der Waals surface area contributed by atoms with Gasteiger partial charge < -0.3 is 9.47 Å². The molecule has 0 bridgehead atoms. The summed E-state index contributed by atoms with van der Waals surface area (Å²) in [6.45, 7) is 2.92.